The number of carbonyl (C=O) groups is 1. The summed E-state index contributed by atoms with van der Waals surface area (Å²) in [6.07, 6.45) is 1.81. The van der Waals surface area contributed by atoms with E-state index in [0.717, 1.165) is 42.9 Å². The lowest BCUT2D eigenvalue weighted by Gasteiger charge is -2.29. The summed E-state index contributed by atoms with van der Waals surface area (Å²) in [4.78, 5) is 14.1. The molecule has 1 amide bonds. The third kappa shape index (κ3) is 4.78. The van der Waals surface area contributed by atoms with Crippen LogP contribution in [0.2, 0.25) is 0 Å². The number of hydrogen-bond acceptors (Lipinski definition) is 4. The molecule has 23 heavy (non-hydrogen) atoms. The van der Waals surface area contributed by atoms with Crippen molar-refractivity contribution in [2.75, 3.05) is 25.5 Å². The Bertz CT molecular complexity index is 552. The second-order valence-corrected chi connectivity index (χ2v) is 7.04. The molecule has 1 aliphatic rings. The molecule has 5 nitrogen and oxygen atoms in total. The summed E-state index contributed by atoms with van der Waals surface area (Å²) < 4.78 is 10.8. The predicted octanol–water partition coefficient (Wildman–Crippen LogP) is 3.82. The maximum absolute atomic E-state index is 12.3. The molecule has 0 radical (unpaired) electrons. The van der Waals surface area contributed by atoms with E-state index < -0.39 is 5.60 Å². The fourth-order valence-corrected chi connectivity index (χ4v) is 2.83. The Morgan fingerprint density at radius 1 is 1.39 bits per heavy atom. The standard InChI is InChI=1S/C18H28N2O3/c1-13-11-14(8-9-16(13)22-5)19-12-15-7-6-10-20(15)17(21)23-18(2,3)4/h8-9,11,15,19H,6-7,10,12H2,1-5H3. The molecule has 0 aromatic heterocycles. The number of nitrogens with one attached hydrogen (secondary N) is 1. The van der Waals surface area contributed by atoms with Crippen molar-refractivity contribution in [3.8, 4) is 5.75 Å². The Labute approximate surface area is 139 Å². The van der Waals surface area contributed by atoms with Gasteiger partial charge in [-0.3, -0.25) is 0 Å². The van der Waals surface area contributed by atoms with Gasteiger partial charge in [0.25, 0.3) is 0 Å². The van der Waals surface area contributed by atoms with Gasteiger partial charge in [0.15, 0.2) is 0 Å². The minimum atomic E-state index is -0.454. The van der Waals surface area contributed by atoms with Gasteiger partial charge in [-0.1, -0.05) is 0 Å². The van der Waals surface area contributed by atoms with Crippen molar-refractivity contribution in [1.29, 1.82) is 0 Å². The zero-order valence-electron chi connectivity index (χ0n) is 14.8. The molecule has 1 aromatic rings. The SMILES string of the molecule is COc1ccc(NCC2CCCN2C(=O)OC(C)(C)C)cc1C. The highest BCUT2D eigenvalue weighted by Gasteiger charge is 2.31. The molecule has 1 heterocycles. The highest BCUT2D eigenvalue weighted by atomic mass is 16.6. The smallest absolute Gasteiger partial charge is 0.410 e. The van der Waals surface area contributed by atoms with Gasteiger partial charge in [-0.25, -0.2) is 4.79 Å². The molecule has 1 fully saturated rings. The number of aryl methyl sites for hydroxylation is 1. The van der Waals surface area contributed by atoms with Crippen LogP contribution >= 0.6 is 0 Å². The first-order valence-corrected chi connectivity index (χ1v) is 8.18. The maximum Gasteiger partial charge on any atom is 0.410 e. The zero-order valence-corrected chi connectivity index (χ0v) is 14.8. The van der Waals surface area contributed by atoms with Gasteiger partial charge >= 0.3 is 6.09 Å². The van der Waals surface area contributed by atoms with Crippen molar-refractivity contribution in [2.45, 2.75) is 52.2 Å². The van der Waals surface area contributed by atoms with Crippen molar-refractivity contribution < 1.29 is 14.3 Å². The quantitative estimate of drug-likeness (QED) is 0.916. The molecule has 1 aromatic carbocycles. The lowest BCUT2D eigenvalue weighted by Crippen LogP contribution is -2.42. The number of anilines is 1. The molecule has 1 saturated heterocycles. The fraction of sp³-hybridized carbons (Fsp3) is 0.611. The number of rotatable bonds is 4. The monoisotopic (exact) mass is 320 g/mol. The number of methoxy groups -OCH3 is 1. The number of likely N-dealkylation sites (tertiary alicyclic amines) is 1. The van der Waals surface area contributed by atoms with Crippen molar-refractivity contribution >= 4 is 11.8 Å². The Balaban J connectivity index is 1.94. The van der Waals surface area contributed by atoms with Crippen LogP contribution in [0.4, 0.5) is 10.5 Å². The Morgan fingerprint density at radius 3 is 2.74 bits per heavy atom. The minimum absolute atomic E-state index is 0.173. The lowest BCUT2D eigenvalue weighted by molar-refractivity contribution is 0.0235. The van der Waals surface area contributed by atoms with E-state index in [1.807, 2.05) is 44.7 Å². The molecule has 1 aliphatic heterocycles. The van der Waals surface area contributed by atoms with Crippen LogP contribution in [0.1, 0.15) is 39.2 Å². The van der Waals surface area contributed by atoms with Crippen LogP contribution in [0.15, 0.2) is 18.2 Å². The summed E-state index contributed by atoms with van der Waals surface area (Å²) in [5.74, 6) is 0.881. The van der Waals surface area contributed by atoms with Crippen LogP contribution in [-0.2, 0) is 4.74 Å². The van der Waals surface area contributed by atoms with Gasteiger partial charge in [-0.05, 0) is 64.3 Å². The van der Waals surface area contributed by atoms with Crippen LogP contribution in [0.3, 0.4) is 0 Å². The Kier molecular flexibility index (Phi) is 5.39. The summed E-state index contributed by atoms with van der Waals surface area (Å²) in [7, 11) is 1.67. The molecule has 1 N–H and O–H groups in total. The number of benzene rings is 1. The third-order valence-electron chi connectivity index (χ3n) is 3.94. The number of hydrogen-bond donors (Lipinski definition) is 1. The third-order valence-corrected chi connectivity index (χ3v) is 3.94. The molecule has 0 saturated carbocycles. The van der Waals surface area contributed by atoms with E-state index in [-0.39, 0.29) is 12.1 Å². The van der Waals surface area contributed by atoms with Crippen LogP contribution in [0.25, 0.3) is 0 Å². The van der Waals surface area contributed by atoms with Gasteiger partial charge in [0, 0.05) is 18.8 Å². The largest absolute Gasteiger partial charge is 0.496 e. The lowest BCUT2D eigenvalue weighted by atomic mass is 10.1. The van der Waals surface area contributed by atoms with E-state index in [2.05, 4.69) is 11.4 Å². The van der Waals surface area contributed by atoms with Gasteiger partial charge in [-0.15, -0.1) is 0 Å². The molecule has 0 bridgehead atoms. The molecule has 0 spiro atoms. The van der Waals surface area contributed by atoms with E-state index >= 15 is 0 Å². The van der Waals surface area contributed by atoms with Gasteiger partial charge in [0.05, 0.1) is 13.2 Å². The van der Waals surface area contributed by atoms with Crippen molar-refractivity contribution in [1.82, 2.24) is 4.90 Å². The number of amides is 1. The van der Waals surface area contributed by atoms with E-state index in [9.17, 15) is 4.79 Å². The topological polar surface area (TPSA) is 50.8 Å². The summed E-state index contributed by atoms with van der Waals surface area (Å²) in [5.41, 5.74) is 1.68. The molecule has 1 atom stereocenters. The van der Waals surface area contributed by atoms with Crippen LogP contribution in [0.5, 0.6) is 5.75 Å². The molecule has 1 unspecified atom stereocenters. The van der Waals surface area contributed by atoms with Crippen molar-refractivity contribution in [3.63, 3.8) is 0 Å². The molecule has 5 heteroatoms. The average Bonchev–Trinajstić information content (AvgIpc) is 2.92. The number of ether oxygens (including phenoxy) is 2. The first kappa shape index (κ1) is 17.4. The second-order valence-electron chi connectivity index (χ2n) is 7.04. The van der Waals surface area contributed by atoms with Crippen LogP contribution in [0, 0.1) is 6.92 Å². The van der Waals surface area contributed by atoms with Crippen molar-refractivity contribution in [3.05, 3.63) is 23.8 Å². The highest BCUT2D eigenvalue weighted by molar-refractivity contribution is 5.69. The summed E-state index contributed by atoms with van der Waals surface area (Å²) in [6, 6.07) is 6.19. The maximum atomic E-state index is 12.3. The Hall–Kier alpha value is -1.91. The van der Waals surface area contributed by atoms with E-state index in [4.69, 9.17) is 9.47 Å². The number of nitrogens with zero attached hydrogens (tertiary/aromatic N) is 1. The molecule has 128 valence electrons. The second kappa shape index (κ2) is 7.11. The molecule has 2 rings (SSSR count). The van der Waals surface area contributed by atoms with Gasteiger partial charge in [0.2, 0.25) is 0 Å². The Morgan fingerprint density at radius 2 is 2.13 bits per heavy atom. The molecular weight excluding hydrogens is 292 g/mol. The number of carbonyl (C=O) groups excluding carboxylic acids is 1. The van der Waals surface area contributed by atoms with Gasteiger partial charge in [-0.2, -0.15) is 0 Å². The molecule has 0 aliphatic carbocycles. The predicted molar refractivity (Wildman–Crippen MR) is 92.2 cm³/mol. The minimum Gasteiger partial charge on any atom is -0.496 e. The normalized spacial score (nSPS) is 18.0. The summed E-state index contributed by atoms with van der Waals surface area (Å²) >= 11 is 0. The zero-order chi connectivity index (χ0) is 17.0. The van der Waals surface area contributed by atoms with Crippen molar-refractivity contribution in [2.24, 2.45) is 0 Å². The summed E-state index contributed by atoms with van der Waals surface area (Å²) in [5, 5.41) is 3.42. The first-order chi connectivity index (χ1) is 10.8. The highest BCUT2D eigenvalue weighted by Crippen LogP contribution is 2.24. The first-order valence-electron chi connectivity index (χ1n) is 8.18. The van der Waals surface area contributed by atoms with E-state index in [0.29, 0.717) is 0 Å². The van der Waals surface area contributed by atoms with Gasteiger partial charge in [0.1, 0.15) is 11.4 Å². The van der Waals surface area contributed by atoms with Crippen LogP contribution in [-0.4, -0.2) is 42.8 Å². The fourth-order valence-electron chi connectivity index (χ4n) is 2.83. The summed E-state index contributed by atoms with van der Waals surface area (Å²) in [6.45, 7) is 9.21. The van der Waals surface area contributed by atoms with Gasteiger partial charge < -0.3 is 19.7 Å². The van der Waals surface area contributed by atoms with E-state index in [1.165, 1.54) is 0 Å². The average molecular weight is 320 g/mol. The molecular formula is C18H28N2O3. The van der Waals surface area contributed by atoms with Crippen LogP contribution < -0.4 is 10.1 Å². The van der Waals surface area contributed by atoms with E-state index in [1.54, 1.807) is 7.11 Å².